The maximum absolute atomic E-state index is 5.68. The minimum Gasteiger partial charge on any atom is -0.378 e. The first-order valence-corrected chi connectivity index (χ1v) is 6.68. The van der Waals surface area contributed by atoms with Crippen LogP contribution in [0.15, 0.2) is 6.20 Å². The average molecular weight is 333 g/mol. The summed E-state index contributed by atoms with van der Waals surface area (Å²) in [6, 6.07) is 0. The van der Waals surface area contributed by atoms with Gasteiger partial charge in [-0.3, -0.25) is 0 Å². The molecule has 0 bridgehead atoms. The third kappa shape index (κ3) is 3.04. The van der Waals surface area contributed by atoms with Crippen LogP contribution in [0.5, 0.6) is 0 Å². The van der Waals surface area contributed by atoms with Gasteiger partial charge < -0.3 is 10.1 Å². The Hall–Kier alpha value is -0.430. The summed E-state index contributed by atoms with van der Waals surface area (Å²) in [6.45, 7) is 0.883. The van der Waals surface area contributed by atoms with Gasteiger partial charge in [0.15, 0.2) is 0 Å². The van der Waals surface area contributed by atoms with Crippen molar-refractivity contribution in [1.29, 1.82) is 0 Å². The highest BCUT2D eigenvalue weighted by atomic mass is 127. The van der Waals surface area contributed by atoms with Crippen molar-refractivity contribution in [3.63, 3.8) is 0 Å². The average Bonchev–Trinajstić information content (AvgIpc) is 2.33. The molecule has 1 aromatic rings. The van der Waals surface area contributed by atoms with Gasteiger partial charge in [0, 0.05) is 26.3 Å². The maximum Gasteiger partial charge on any atom is 0.142 e. The predicted molar refractivity (Wildman–Crippen MR) is 71.6 cm³/mol. The normalized spacial score (nSPS) is 20.8. The summed E-state index contributed by atoms with van der Waals surface area (Å²) < 4.78 is 6.73. The number of nitrogens with one attached hydrogen (secondary N) is 1. The van der Waals surface area contributed by atoms with Crippen molar-refractivity contribution in [3.05, 3.63) is 15.6 Å². The highest BCUT2D eigenvalue weighted by Crippen LogP contribution is 2.18. The molecule has 2 heterocycles. The number of rotatable bonds is 3. The van der Waals surface area contributed by atoms with E-state index >= 15 is 0 Å². The molecule has 16 heavy (non-hydrogen) atoms. The van der Waals surface area contributed by atoms with E-state index in [1.54, 1.807) is 0 Å². The number of hydrogen-bond donors (Lipinski definition) is 1. The molecule has 88 valence electrons. The molecule has 0 aliphatic carbocycles. The molecule has 0 radical (unpaired) electrons. The van der Waals surface area contributed by atoms with Crippen molar-refractivity contribution in [1.82, 2.24) is 9.97 Å². The fraction of sp³-hybridized carbons (Fsp3) is 0.636. The summed E-state index contributed by atoms with van der Waals surface area (Å²) in [7, 11) is 1.88. The van der Waals surface area contributed by atoms with Gasteiger partial charge in [0.1, 0.15) is 11.6 Å². The molecule has 1 N–H and O–H groups in total. The fourth-order valence-electron chi connectivity index (χ4n) is 1.85. The summed E-state index contributed by atoms with van der Waals surface area (Å²) in [5.41, 5.74) is 0. The number of hydrogen-bond acceptors (Lipinski definition) is 4. The van der Waals surface area contributed by atoms with Crippen LogP contribution >= 0.6 is 22.6 Å². The van der Waals surface area contributed by atoms with E-state index in [0.29, 0.717) is 6.10 Å². The van der Waals surface area contributed by atoms with Crippen molar-refractivity contribution in [2.24, 2.45) is 0 Å². The van der Waals surface area contributed by atoms with Crippen LogP contribution in [0, 0.1) is 3.57 Å². The van der Waals surface area contributed by atoms with Crippen LogP contribution in [-0.2, 0) is 11.2 Å². The second-order valence-corrected chi connectivity index (χ2v) is 5.09. The van der Waals surface area contributed by atoms with Crippen molar-refractivity contribution < 1.29 is 4.74 Å². The lowest BCUT2D eigenvalue weighted by Gasteiger charge is -2.21. The van der Waals surface area contributed by atoms with Crippen molar-refractivity contribution in [2.45, 2.75) is 31.8 Å². The number of ether oxygens (including phenoxy) is 1. The molecular weight excluding hydrogens is 317 g/mol. The van der Waals surface area contributed by atoms with Gasteiger partial charge in [-0.05, 0) is 41.9 Å². The molecule has 1 aliphatic rings. The molecule has 1 unspecified atom stereocenters. The molecule has 1 aromatic heterocycles. The molecule has 2 rings (SSSR count). The zero-order valence-corrected chi connectivity index (χ0v) is 11.5. The fourth-order valence-corrected chi connectivity index (χ4v) is 2.38. The molecule has 5 heteroatoms. The van der Waals surface area contributed by atoms with Gasteiger partial charge in [0.2, 0.25) is 0 Å². The first-order valence-electron chi connectivity index (χ1n) is 5.60. The summed E-state index contributed by atoms with van der Waals surface area (Å²) in [4.78, 5) is 8.82. The molecule has 1 aliphatic heterocycles. The van der Waals surface area contributed by atoms with Crippen molar-refractivity contribution >= 4 is 28.4 Å². The Bertz CT molecular complexity index is 353. The first kappa shape index (κ1) is 12.0. The van der Waals surface area contributed by atoms with Crippen molar-refractivity contribution in [2.75, 3.05) is 19.0 Å². The maximum atomic E-state index is 5.68. The van der Waals surface area contributed by atoms with Crippen LogP contribution < -0.4 is 5.32 Å². The molecular formula is C11H16IN3O. The van der Waals surface area contributed by atoms with Gasteiger partial charge in [0.05, 0.1) is 9.67 Å². The van der Waals surface area contributed by atoms with Crippen LogP contribution in [0.4, 0.5) is 5.82 Å². The van der Waals surface area contributed by atoms with E-state index in [-0.39, 0.29) is 0 Å². The van der Waals surface area contributed by atoms with Gasteiger partial charge in [0.25, 0.3) is 0 Å². The number of aromatic nitrogens is 2. The number of halogens is 1. The van der Waals surface area contributed by atoms with Crippen LogP contribution in [-0.4, -0.2) is 29.7 Å². The highest BCUT2D eigenvalue weighted by molar-refractivity contribution is 14.1. The van der Waals surface area contributed by atoms with E-state index in [0.717, 1.165) is 34.7 Å². The quantitative estimate of drug-likeness (QED) is 0.862. The summed E-state index contributed by atoms with van der Waals surface area (Å²) in [5, 5.41) is 3.07. The van der Waals surface area contributed by atoms with E-state index in [1.165, 1.54) is 12.8 Å². The first-order chi connectivity index (χ1) is 7.79. The molecule has 1 atom stereocenters. The zero-order valence-electron chi connectivity index (χ0n) is 9.37. The Balaban J connectivity index is 2.03. The number of nitrogens with zero attached hydrogens (tertiary/aromatic N) is 2. The van der Waals surface area contributed by atoms with E-state index in [1.807, 2.05) is 13.2 Å². The zero-order chi connectivity index (χ0) is 11.4. The molecule has 1 fully saturated rings. The Kier molecular flexibility index (Phi) is 4.34. The smallest absolute Gasteiger partial charge is 0.142 e. The molecule has 4 nitrogen and oxygen atoms in total. The van der Waals surface area contributed by atoms with E-state index in [2.05, 4.69) is 37.9 Å². The van der Waals surface area contributed by atoms with E-state index < -0.39 is 0 Å². The molecule has 0 aromatic carbocycles. The van der Waals surface area contributed by atoms with Gasteiger partial charge in [-0.15, -0.1) is 0 Å². The van der Waals surface area contributed by atoms with Crippen LogP contribution in [0.3, 0.4) is 0 Å². The lowest BCUT2D eigenvalue weighted by Crippen LogP contribution is -2.22. The van der Waals surface area contributed by atoms with E-state index in [4.69, 9.17) is 4.74 Å². The van der Waals surface area contributed by atoms with Gasteiger partial charge in [-0.25, -0.2) is 9.97 Å². The molecule has 0 amide bonds. The molecule has 0 saturated carbocycles. The monoisotopic (exact) mass is 333 g/mol. The standard InChI is InChI=1S/C11H16IN3O/c1-13-11-9(12)7-14-10(15-11)6-8-4-2-3-5-16-8/h7-8H,2-6H2,1H3,(H,13,14,15). The lowest BCUT2D eigenvalue weighted by molar-refractivity contribution is 0.0156. The minimum absolute atomic E-state index is 0.304. The summed E-state index contributed by atoms with van der Waals surface area (Å²) in [5.74, 6) is 1.78. The van der Waals surface area contributed by atoms with Crippen LogP contribution in [0.25, 0.3) is 0 Å². The van der Waals surface area contributed by atoms with Crippen molar-refractivity contribution in [3.8, 4) is 0 Å². The highest BCUT2D eigenvalue weighted by Gasteiger charge is 2.16. The lowest BCUT2D eigenvalue weighted by atomic mass is 10.1. The largest absolute Gasteiger partial charge is 0.378 e. The molecule has 0 spiro atoms. The van der Waals surface area contributed by atoms with Crippen LogP contribution in [0.2, 0.25) is 0 Å². The topological polar surface area (TPSA) is 47.0 Å². The Morgan fingerprint density at radius 2 is 2.44 bits per heavy atom. The third-order valence-electron chi connectivity index (χ3n) is 2.72. The second-order valence-electron chi connectivity index (χ2n) is 3.93. The Morgan fingerprint density at radius 3 is 3.12 bits per heavy atom. The SMILES string of the molecule is CNc1nc(CC2CCCCO2)ncc1I. The Morgan fingerprint density at radius 1 is 1.56 bits per heavy atom. The number of anilines is 1. The summed E-state index contributed by atoms with van der Waals surface area (Å²) in [6.07, 6.45) is 6.56. The van der Waals surface area contributed by atoms with Gasteiger partial charge in [-0.1, -0.05) is 0 Å². The summed E-state index contributed by atoms with van der Waals surface area (Å²) >= 11 is 2.23. The minimum atomic E-state index is 0.304. The van der Waals surface area contributed by atoms with Crippen LogP contribution in [0.1, 0.15) is 25.1 Å². The van der Waals surface area contributed by atoms with E-state index in [9.17, 15) is 0 Å². The van der Waals surface area contributed by atoms with Gasteiger partial charge >= 0.3 is 0 Å². The predicted octanol–water partition coefficient (Wildman–Crippen LogP) is 2.23. The third-order valence-corrected chi connectivity index (χ3v) is 3.50. The molecule has 1 saturated heterocycles. The second kappa shape index (κ2) is 5.77. The van der Waals surface area contributed by atoms with Gasteiger partial charge in [-0.2, -0.15) is 0 Å². The Labute approximate surface area is 109 Å².